The van der Waals surface area contributed by atoms with Crippen LogP contribution in [-0.4, -0.2) is 20.7 Å². The number of rotatable bonds is 5. The van der Waals surface area contributed by atoms with Gasteiger partial charge in [-0.05, 0) is 55.8 Å². The largest absolute Gasteiger partial charge is 0.323 e. The fourth-order valence-electron chi connectivity index (χ4n) is 3.25. The molecule has 0 bridgehead atoms. The number of hydrogen-bond acceptors (Lipinski definition) is 4. The number of anilines is 1. The first-order chi connectivity index (χ1) is 15.4. The number of carbonyl (C=O) groups excluding carboxylic acids is 1. The summed E-state index contributed by atoms with van der Waals surface area (Å²) < 4.78 is 15.4. The van der Waals surface area contributed by atoms with E-state index in [1.54, 1.807) is 61.5 Å². The quantitative estimate of drug-likeness (QED) is 0.306. The molecule has 0 aliphatic heterocycles. The lowest BCUT2D eigenvalue weighted by atomic mass is 10.2. The summed E-state index contributed by atoms with van der Waals surface area (Å²) in [6, 6.07) is 18.3. The Kier molecular flexibility index (Phi) is 6.30. The second kappa shape index (κ2) is 9.14. The molecule has 0 spiro atoms. The average molecular weight is 468 g/mol. The molecule has 0 fully saturated rings. The Morgan fingerprint density at radius 3 is 2.59 bits per heavy atom. The molecular formula is C24H19ClFN3O2S. The lowest BCUT2D eigenvalue weighted by Gasteiger charge is -2.18. The number of nitrogens with one attached hydrogen (secondary N) is 1. The molecule has 162 valence electrons. The Morgan fingerprint density at radius 1 is 1.09 bits per heavy atom. The Balaban J connectivity index is 1.77. The molecule has 3 aromatic carbocycles. The molecule has 1 amide bonds. The van der Waals surface area contributed by atoms with Crippen molar-refractivity contribution in [2.75, 3.05) is 5.32 Å². The highest BCUT2D eigenvalue weighted by Gasteiger charge is 2.22. The zero-order valence-corrected chi connectivity index (χ0v) is 18.9. The fraction of sp³-hybridized carbons (Fsp3) is 0.125. The highest BCUT2D eigenvalue weighted by Crippen LogP contribution is 2.29. The van der Waals surface area contributed by atoms with Gasteiger partial charge in [-0.2, -0.15) is 0 Å². The van der Waals surface area contributed by atoms with Crippen molar-refractivity contribution < 1.29 is 9.18 Å². The van der Waals surface area contributed by atoms with Gasteiger partial charge in [0.25, 0.3) is 5.56 Å². The van der Waals surface area contributed by atoms with E-state index in [0.717, 1.165) is 17.3 Å². The molecule has 8 heteroatoms. The monoisotopic (exact) mass is 467 g/mol. The van der Waals surface area contributed by atoms with Crippen LogP contribution in [0, 0.1) is 12.7 Å². The molecule has 1 heterocycles. The minimum atomic E-state index is -0.659. The molecule has 1 unspecified atom stereocenters. The maximum Gasteiger partial charge on any atom is 0.266 e. The first-order valence-electron chi connectivity index (χ1n) is 9.86. The molecule has 0 radical (unpaired) electrons. The van der Waals surface area contributed by atoms with E-state index in [1.807, 2.05) is 6.92 Å². The third-order valence-electron chi connectivity index (χ3n) is 5.01. The van der Waals surface area contributed by atoms with Crippen molar-refractivity contribution in [1.29, 1.82) is 0 Å². The van der Waals surface area contributed by atoms with Crippen LogP contribution in [0.25, 0.3) is 16.6 Å². The summed E-state index contributed by atoms with van der Waals surface area (Å²) in [6.07, 6.45) is 0. The second-order valence-corrected chi connectivity index (χ2v) is 8.88. The number of thioether (sulfide) groups is 1. The number of nitrogens with zero attached hydrogens (tertiary/aromatic N) is 2. The first-order valence-corrected chi connectivity index (χ1v) is 11.1. The Labute approximate surface area is 193 Å². The van der Waals surface area contributed by atoms with Crippen LogP contribution in [0.2, 0.25) is 5.02 Å². The highest BCUT2D eigenvalue weighted by atomic mass is 35.5. The molecule has 0 saturated heterocycles. The molecule has 0 aliphatic rings. The SMILES string of the molecule is Cc1c(Cl)cccc1-n1c(SC(C)C(=O)Nc2ccccc2F)nc2ccccc2c1=O. The highest BCUT2D eigenvalue weighted by molar-refractivity contribution is 8.00. The van der Waals surface area contributed by atoms with E-state index in [2.05, 4.69) is 10.3 Å². The van der Waals surface area contributed by atoms with E-state index in [1.165, 1.54) is 16.7 Å². The predicted octanol–water partition coefficient (Wildman–Crippen LogP) is 5.61. The van der Waals surface area contributed by atoms with Gasteiger partial charge in [0.05, 0.1) is 27.5 Å². The molecule has 5 nitrogen and oxygen atoms in total. The van der Waals surface area contributed by atoms with Gasteiger partial charge in [-0.3, -0.25) is 14.2 Å². The topological polar surface area (TPSA) is 64.0 Å². The molecule has 32 heavy (non-hydrogen) atoms. The van der Waals surface area contributed by atoms with E-state index in [9.17, 15) is 14.0 Å². The van der Waals surface area contributed by atoms with Crippen LogP contribution in [0.1, 0.15) is 12.5 Å². The number of amides is 1. The lowest BCUT2D eigenvalue weighted by molar-refractivity contribution is -0.115. The summed E-state index contributed by atoms with van der Waals surface area (Å²) in [4.78, 5) is 30.8. The van der Waals surface area contributed by atoms with Gasteiger partial charge >= 0.3 is 0 Å². The van der Waals surface area contributed by atoms with Gasteiger partial charge in [0.2, 0.25) is 5.91 Å². The molecule has 1 N–H and O–H groups in total. The van der Waals surface area contributed by atoms with Gasteiger partial charge in [0.15, 0.2) is 5.16 Å². The summed E-state index contributed by atoms with van der Waals surface area (Å²) in [5, 5.41) is 3.25. The summed E-state index contributed by atoms with van der Waals surface area (Å²) in [5.41, 5.74) is 1.67. The summed E-state index contributed by atoms with van der Waals surface area (Å²) in [6.45, 7) is 3.50. The third-order valence-corrected chi connectivity index (χ3v) is 6.47. The normalized spacial score (nSPS) is 12.0. The number of benzene rings is 3. The van der Waals surface area contributed by atoms with Crippen molar-refractivity contribution in [3.05, 3.63) is 93.5 Å². The zero-order valence-electron chi connectivity index (χ0n) is 17.3. The third kappa shape index (κ3) is 4.26. The van der Waals surface area contributed by atoms with Gasteiger partial charge < -0.3 is 5.32 Å². The minimum absolute atomic E-state index is 0.0968. The molecule has 4 aromatic rings. The maximum absolute atomic E-state index is 13.9. The molecule has 1 atom stereocenters. The average Bonchev–Trinajstić information content (AvgIpc) is 2.78. The maximum atomic E-state index is 13.9. The Morgan fingerprint density at radius 2 is 1.81 bits per heavy atom. The summed E-state index contributed by atoms with van der Waals surface area (Å²) in [7, 11) is 0. The summed E-state index contributed by atoms with van der Waals surface area (Å²) in [5.74, 6) is -0.926. The number of fused-ring (bicyclic) bond motifs is 1. The van der Waals surface area contributed by atoms with Crippen molar-refractivity contribution in [2.45, 2.75) is 24.3 Å². The zero-order chi connectivity index (χ0) is 22.8. The van der Waals surface area contributed by atoms with Crippen LogP contribution in [-0.2, 0) is 4.79 Å². The molecular weight excluding hydrogens is 449 g/mol. The molecule has 1 aromatic heterocycles. The van der Waals surface area contributed by atoms with Gasteiger partial charge in [0, 0.05) is 5.02 Å². The summed E-state index contributed by atoms with van der Waals surface area (Å²) >= 11 is 7.42. The fourth-order valence-corrected chi connectivity index (χ4v) is 4.34. The van der Waals surface area contributed by atoms with Crippen LogP contribution in [0.3, 0.4) is 0 Å². The predicted molar refractivity (Wildman–Crippen MR) is 127 cm³/mol. The Bertz CT molecular complexity index is 1390. The Hall–Kier alpha value is -3.16. The van der Waals surface area contributed by atoms with Crippen molar-refractivity contribution in [1.82, 2.24) is 9.55 Å². The van der Waals surface area contributed by atoms with E-state index >= 15 is 0 Å². The van der Waals surface area contributed by atoms with Crippen LogP contribution in [0.5, 0.6) is 0 Å². The molecule has 0 saturated carbocycles. The van der Waals surface area contributed by atoms with Crippen LogP contribution in [0.15, 0.2) is 76.7 Å². The van der Waals surface area contributed by atoms with E-state index in [4.69, 9.17) is 11.6 Å². The number of aromatic nitrogens is 2. The van der Waals surface area contributed by atoms with Crippen LogP contribution >= 0.6 is 23.4 Å². The van der Waals surface area contributed by atoms with Crippen molar-refractivity contribution >= 4 is 45.9 Å². The number of hydrogen-bond donors (Lipinski definition) is 1. The van der Waals surface area contributed by atoms with Crippen molar-refractivity contribution in [3.8, 4) is 5.69 Å². The molecule has 4 rings (SSSR count). The van der Waals surface area contributed by atoms with Crippen LogP contribution in [0.4, 0.5) is 10.1 Å². The van der Waals surface area contributed by atoms with Crippen molar-refractivity contribution in [2.24, 2.45) is 0 Å². The van der Waals surface area contributed by atoms with Gasteiger partial charge in [-0.15, -0.1) is 0 Å². The minimum Gasteiger partial charge on any atom is -0.323 e. The van der Waals surface area contributed by atoms with E-state index in [-0.39, 0.29) is 11.2 Å². The molecule has 0 aliphatic carbocycles. The standard InChI is InChI=1S/C24H19ClFN3O2S/c1-14-17(25)9-7-13-21(14)29-23(31)16-8-3-5-11-19(16)28-24(29)32-15(2)22(30)27-20-12-6-4-10-18(20)26/h3-13,15H,1-2H3,(H,27,30). The number of carbonyl (C=O) groups is 1. The first kappa shape index (κ1) is 22.0. The number of para-hydroxylation sites is 2. The van der Waals surface area contributed by atoms with Gasteiger partial charge in [0.1, 0.15) is 5.82 Å². The second-order valence-electron chi connectivity index (χ2n) is 7.17. The van der Waals surface area contributed by atoms with Gasteiger partial charge in [-0.25, -0.2) is 9.37 Å². The van der Waals surface area contributed by atoms with E-state index in [0.29, 0.717) is 26.8 Å². The number of halogens is 2. The van der Waals surface area contributed by atoms with Crippen molar-refractivity contribution in [3.63, 3.8) is 0 Å². The van der Waals surface area contributed by atoms with Gasteiger partial charge in [-0.1, -0.05) is 53.7 Å². The smallest absolute Gasteiger partial charge is 0.266 e. The lowest BCUT2D eigenvalue weighted by Crippen LogP contribution is -2.26. The van der Waals surface area contributed by atoms with E-state index < -0.39 is 17.0 Å². The van der Waals surface area contributed by atoms with Crippen LogP contribution < -0.4 is 10.9 Å².